The highest BCUT2D eigenvalue weighted by Crippen LogP contribution is 2.20. The van der Waals surface area contributed by atoms with E-state index in [-0.39, 0.29) is 19.3 Å². The Morgan fingerprint density at radius 2 is 1.57 bits per heavy atom. The van der Waals surface area contributed by atoms with E-state index >= 15 is 0 Å². The number of H-pyrrole nitrogens is 1. The van der Waals surface area contributed by atoms with Crippen molar-refractivity contribution < 1.29 is 33.8 Å². The fraction of sp³-hybridized carbons (Fsp3) is 0.520. The Labute approximate surface area is 204 Å². The number of alkyl carbamates (subject to hydrolysis) is 1. The van der Waals surface area contributed by atoms with Gasteiger partial charge in [-0.05, 0) is 59.6 Å². The number of aromatic amines is 1. The van der Waals surface area contributed by atoms with E-state index in [1.54, 1.807) is 47.7 Å². The molecule has 1 aromatic heterocycles. The summed E-state index contributed by atoms with van der Waals surface area (Å²) in [5, 5.41) is 15.1. The van der Waals surface area contributed by atoms with Gasteiger partial charge >= 0.3 is 18.0 Å². The lowest BCUT2D eigenvalue weighted by Gasteiger charge is -2.27. The summed E-state index contributed by atoms with van der Waals surface area (Å²) in [6.45, 7) is 10.1. The highest BCUT2D eigenvalue weighted by Gasteiger charge is 2.31. The molecule has 2 atom stereocenters. The molecule has 0 fully saturated rings. The summed E-state index contributed by atoms with van der Waals surface area (Å²) in [5.74, 6) is -2.53. The molecule has 35 heavy (non-hydrogen) atoms. The number of aliphatic carboxylic acids is 1. The number of esters is 1. The zero-order chi connectivity index (χ0) is 26.4. The minimum Gasteiger partial charge on any atom is -0.481 e. The molecule has 0 saturated heterocycles. The average Bonchev–Trinajstić information content (AvgIpc) is 3.10. The van der Waals surface area contributed by atoms with Gasteiger partial charge in [-0.2, -0.15) is 0 Å². The maximum atomic E-state index is 13.3. The molecule has 1 unspecified atom stereocenters. The van der Waals surface area contributed by atoms with E-state index in [2.05, 4.69) is 15.6 Å². The molecule has 0 radical (unpaired) electrons. The molecular weight excluding hydrogens is 454 g/mol. The van der Waals surface area contributed by atoms with Gasteiger partial charge in [-0.25, -0.2) is 9.59 Å². The van der Waals surface area contributed by atoms with Crippen LogP contribution in [0.3, 0.4) is 0 Å². The molecule has 2 aromatic rings. The van der Waals surface area contributed by atoms with E-state index in [1.165, 1.54) is 0 Å². The van der Waals surface area contributed by atoms with Crippen LogP contribution in [0, 0.1) is 0 Å². The minimum atomic E-state index is -1.20. The lowest BCUT2D eigenvalue weighted by atomic mass is 10.0. The molecule has 0 aliphatic heterocycles. The second-order valence-corrected chi connectivity index (χ2v) is 10.3. The van der Waals surface area contributed by atoms with E-state index in [1.807, 2.05) is 24.3 Å². The fourth-order valence-corrected chi connectivity index (χ4v) is 3.34. The Kier molecular flexibility index (Phi) is 8.89. The number of carbonyl (C=O) groups is 4. The number of hydrogen-bond donors (Lipinski definition) is 4. The maximum absolute atomic E-state index is 13.3. The van der Waals surface area contributed by atoms with Crippen LogP contribution in [-0.4, -0.2) is 57.3 Å². The molecule has 2 amide bonds. The van der Waals surface area contributed by atoms with Gasteiger partial charge < -0.3 is 30.2 Å². The first kappa shape index (κ1) is 27.7. The molecule has 1 heterocycles. The van der Waals surface area contributed by atoms with Crippen LogP contribution in [0.4, 0.5) is 4.79 Å². The van der Waals surface area contributed by atoms with Gasteiger partial charge in [0, 0.05) is 29.9 Å². The summed E-state index contributed by atoms with van der Waals surface area (Å²) in [5.41, 5.74) is 0.0247. The molecule has 10 heteroatoms. The smallest absolute Gasteiger partial charge is 0.408 e. The number of carbonyl (C=O) groups excluding carboxylic acids is 3. The van der Waals surface area contributed by atoms with Crippen LogP contribution in [0.2, 0.25) is 0 Å². The van der Waals surface area contributed by atoms with Crippen molar-refractivity contribution >= 4 is 34.8 Å². The van der Waals surface area contributed by atoms with Crippen molar-refractivity contribution in [1.29, 1.82) is 0 Å². The predicted molar refractivity (Wildman–Crippen MR) is 130 cm³/mol. The summed E-state index contributed by atoms with van der Waals surface area (Å²) in [6.07, 6.45) is 0.544. The zero-order valence-corrected chi connectivity index (χ0v) is 21.1. The third-order valence-electron chi connectivity index (χ3n) is 4.76. The summed E-state index contributed by atoms with van der Waals surface area (Å²) in [7, 11) is 0. The maximum Gasteiger partial charge on any atom is 0.408 e. The van der Waals surface area contributed by atoms with Crippen molar-refractivity contribution in [3.8, 4) is 0 Å². The van der Waals surface area contributed by atoms with Crippen molar-refractivity contribution in [1.82, 2.24) is 15.6 Å². The Morgan fingerprint density at radius 3 is 2.17 bits per heavy atom. The Morgan fingerprint density at radius 1 is 0.943 bits per heavy atom. The van der Waals surface area contributed by atoms with Crippen LogP contribution in [0.25, 0.3) is 10.9 Å². The van der Waals surface area contributed by atoms with Crippen LogP contribution in [0.5, 0.6) is 0 Å². The molecule has 10 nitrogen and oxygen atoms in total. The predicted octanol–water partition coefficient (Wildman–Crippen LogP) is 3.30. The van der Waals surface area contributed by atoms with Crippen LogP contribution in [0.1, 0.15) is 59.9 Å². The van der Waals surface area contributed by atoms with E-state index in [4.69, 9.17) is 14.6 Å². The number of para-hydroxylation sites is 1. The van der Waals surface area contributed by atoms with E-state index < -0.39 is 47.2 Å². The van der Waals surface area contributed by atoms with Crippen molar-refractivity contribution in [2.75, 3.05) is 0 Å². The zero-order valence-electron chi connectivity index (χ0n) is 21.1. The first-order valence-electron chi connectivity index (χ1n) is 11.4. The molecule has 192 valence electrons. The van der Waals surface area contributed by atoms with E-state index in [0.717, 1.165) is 16.5 Å². The van der Waals surface area contributed by atoms with Gasteiger partial charge in [-0.1, -0.05) is 18.2 Å². The molecule has 0 aliphatic carbocycles. The Bertz CT molecular complexity index is 1060. The van der Waals surface area contributed by atoms with Crippen molar-refractivity contribution in [2.45, 2.75) is 84.1 Å². The number of nitrogens with one attached hydrogen (secondary N) is 3. The summed E-state index contributed by atoms with van der Waals surface area (Å²) < 4.78 is 10.7. The lowest BCUT2D eigenvalue weighted by molar-refractivity contribution is -0.159. The van der Waals surface area contributed by atoms with Crippen molar-refractivity contribution in [3.63, 3.8) is 0 Å². The first-order chi connectivity index (χ1) is 16.1. The largest absolute Gasteiger partial charge is 0.481 e. The van der Waals surface area contributed by atoms with E-state index in [9.17, 15) is 19.2 Å². The number of fused-ring (bicyclic) bond motifs is 1. The number of amides is 2. The molecule has 1 aromatic carbocycles. The average molecular weight is 490 g/mol. The van der Waals surface area contributed by atoms with Gasteiger partial charge in [0.05, 0.1) is 0 Å². The molecular formula is C25H35N3O7. The third kappa shape index (κ3) is 9.30. The molecule has 2 rings (SSSR count). The van der Waals surface area contributed by atoms with Gasteiger partial charge in [-0.3, -0.25) is 9.59 Å². The number of carboxylic acids is 1. The summed E-state index contributed by atoms with van der Waals surface area (Å²) in [6, 6.07) is 5.21. The van der Waals surface area contributed by atoms with Crippen LogP contribution in [0.15, 0.2) is 30.5 Å². The SMILES string of the molecule is CC(C)(C)OC(=O)N[C@@H](Cc1c[nH]c2ccccc12)C(=O)NC(CCC(=O)O)C(=O)OC(C)(C)C. The quantitative estimate of drug-likeness (QED) is 0.395. The van der Waals surface area contributed by atoms with Crippen LogP contribution < -0.4 is 10.6 Å². The number of hydrogen-bond acceptors (Lipinski definition) is 6. The number of aromatic nitrogens is 1. The molecule has 0 spiro atoms. The van der Waals surface area contributed by atoms with Gasteiger partial charge in [0.1, 0.15) is 23.3 Å². The molecule has 4 N–H and O–H groups in total. The third-order valence-corrected chi connectivity index (χ3v) is 4.76. The normalized spacial score (nSPS) is 13.5. The van der Waals surface area contributed by atoms with Crippen LogP contribution in [-0.2, 0) is 30.3 Å². The topological polar surface area (TPSA) is 147 Å². The highest BCUT2D eigenvalue weighted by molar-refractivity contribution is 5.91. The number of benzene rings is 1. The van der Waals surface area contributed by atoms with Crippen molar-refractivity contribution in [2.24, 2.45) is 0 Å². The summed E-state index contributed by atoms with van der Waals surface area (Å²) in [4.78, 5) is 52.7. The first-order valence-corrected chi connectivity index (χ1v) is 11.4. The number of carboxylic acid groups (broad SMARTS) is 1. The highest BCUT2D eigenvalue weighted by atomic mass is 16.6. The molecule has 0 aliphatic rings. The second kappa shape index (κ2) is 11.2. The lowest BCUT2D eigenvalue weighted by Crippen LogP contribution is -2.54. The van der Waals surface area contributed by atoms with Crippen LogP contribution >= 0.6 is 0 Å². The number of ether oxygens (including phenoxy) is 2. The van der Waals surface area contributed by atoms with Gasteiger partial charge in [0.2, 0.25) is 5.91 Å². The van der Waals surface area contributed by atoms with Crippen molar-refractivity contribution in [3.05, 3.63) is 36.0 Å². The van der Waals surface area contributed by atoms with Gasteiger partial charge in [-0.15, -0.1) is 0 Å². The molecule has 0 saturated carbocycles. The standard InChI is InChI=1S/C25H35N3O7/c1-24(2,3)34-22(32)18(11-12-20(29)30)27-21(31)19(28-23(33)35-25(4,5)6)13-15-14-26-17-10-8-7-9-16(15)17/h7-10,14,18-19,26H,11-13H2,1-6H3,(H,27,31)(H,28,33)(H,29,30)/t18?,19-/m0/s1. The van der Waals surface area contributed by atoms with Gasteiger partial charge in [0.25, 0.3) is 0 Å². The monoisotopic (exact) mass is 489 g/mol. The number of rotatable bonds is 9. The Balaban J connectivity index is 2.28. The summed E-state index contributed by atoms with van der Waals surface area (Å²) >= 11 is 0. The molecule has 0 bridgehead atoms. The fourth-order valence-electron chi connectivity index (χ4n) is 3.34. The second-order valence-electron chi connectivity index (χ2n) is 10.3. The Hall–Kier alpha value is -3.56. The van der Waals surface area contributed by atoms with Gasteiger partial charge in [0.15, 0.2) is 0 Å². The minimum absolute atomic E-state index is 0.106. The van der Waals surface area contributed by atoms with E-state index in [0.29, 0.717) is 0 Å².